The number of carbonyl (C=O) groups is 2. The number of hydrogen-bond acceptors (Lipinski definition) is 14. The van der Waals surface area contributed by atoms with Crippen molar-refractivity contribution in [3.8, 4) is 23.0 Å². The number of phenols is 4. The topological polar surface area (TPSA) is 337 Å². The van der Waals surface area contributed by atoms with Gasteiger partial charge in [0.15, 0.2) is 33.3 Å². The van der Waals surface area contributed by atoms with E-state index in [2.05, 4.69) is 9.58 Å². The first kappa shape index (κ1) is 36.2. The maximum absolute atomic E-state index is 15.1. The highest BCUT2D eigenvalue weighted by Crippen LogP contribution is 2.57. The van der Waals surface area contributed by atoms with Gasteiger partial charge < -0.3 is 51.9 Å². The van der Waals surface area contributed by atoms with Gasteiger partial charge in [-0.2, -0.15) is 9.58 Å². The van der Waals surface area contributed by atoms with E-state index < -0.39 is 180 Å². The second-order valence-electron chi connectivity index (χ2n) is 14.2. The van der Waals surface area contributed by atoms with Crippen molar-refractivity contribution >= 4 is 54.7 Å². The molecule has 0 aliphatic heterocycles. The molecule has 2 aliphatic carbocycles. The number of hydrogen-bond donors (Lipinski definition) is 8. The molecule has 8 rings (SSSR count). The van der Waals surface area contributed by atoms with Gasteiger partial charge in [0.25, 0.3) is 0 Å². The Balaban J connectivity index is 1.52. The van der Waals surface area contributed by atoms with Gasteiger partial charge in [-0.05, 0) is 37.1 Å². The molecular formula is C38H26N4O14. The lowest BCUT2D eigenvalue weighted by molar-refractivity contribution is -0.175. The number of carbonyl (C=O) groups excluding carboxylic acids is 2. The number of ketones is 2. The predicted octanol–water partition coefficient (Wildman–Crippen LogP) is -0.751. The summed E-state index contributed by atoms with van der Waals surface area (Å²) >= 11 is 0. The smallest absolute Gasteiger partial charge is 0.333 e. The minimum absolute atomic E-state index is 0.625. The Morgan fingerprint density at radius 1 is 0.518 bits per heavy atom. The molecular weight excluding hydrogens is 736 g/mol. The number of nitrogens with zero attached hydrogens (tertiary/aromatic N) is 4. The summed E-state index contributed by atoms with van der Waals surface area (Å²) in [6.45, 7) is 2.52. The summed E-state index contributed by atoms with van der Waals surface area (Å²) in [4.78, 5) is 88.0. The SMILES string of the molecule is CC[C@@]1(O)[C@H](O)c2c(c3c(O)c4c(=O)ccc(=O)c4c(O)c3c2=[N+]=[N-])C(=O)[C@@H]1[C@H]1C(=O)c2c(c(=[N+]=[N-])c3c(O)c4c(=O)ccc(=O)c4c(O)c23)[C@@H](O)[C@]1(O)CC. The van der Waals surface area contributed by atoms with Gasteiger partial charge >= 0.3 is 10.7 Å². The summed E-state index contributed by atoms with van der Waals surface area (Å²) < 4.78 is 0. The van der Waals surface area contributed by atoms with Gasteiger partial charge in [-0.25, -0.2) is 0 Å². The number of phenolic OH excluding ortho intramolecular Hbond substituents is 4. The molecule has 18 heteroatoms. The van der Waals surface area contributed by atoms with Gasteiger partial charge in [0.1, 0.15) is 57.2 Å². The van der Waals surface area contributed by atoms with E-state index >= 15 is 9.59 Å². The van der Waals surface area contributed by atoms with Crippen LogP contribution in [0.5, 0.6) is 23.0 Å². The zero-order valence-corrected chi connectivity index (χ0v) is 28.8. The van der Waals surface area contributed by atoms with Crippen molar-refractivity contribution < 1.29 is 60.0 Å². The first-order valence-corrected chi connectivity index (χ1v) is 17.0. The fraction of sp³-hybridized carbons (Fsp3) is 0.263. The van der Waals surface area contributed by atoms with E-state index in [1.165, 1.54) is 13.8 Å². The molecule has 6 aromatic carbocycles. The van der Waals surface area contributed by atoms with Gasteiger partial charge in [0.2, 0.25) is 0 Å². The lowest BCUT2D eigenvalue weighted by atomic mass is 9.55. The molecule has 0 saturated heterocycles. The number of aliphatic hydroxyl groups is 4. The minimum atomic E-state index is -2.85. The Morgan fingerprint density at radius 2 is 0.786 bits per heavy atom. The summed E-state index contributed by atoms with van der Waals surface area (Å²) in [5.41, 5.74) is 7.75. The van der Waals surface area contributed by atoms with Crippen LogP contribution >= 0.6 is 0 Å². The second kappa shape index (κ2) is 11.4. The molecule has 0 fully saturated rings. The molecule has 0 radical (unpaired) electrons. The van der Waals surface area contributed by atoms with E-state index in [9.17, 15) is 71.1 Å². The van der Waals surface area contributed by atoms with Crippen LogP contribution in [0.2, 0.25) is 0 Å². The van der Waals surface area contributed by atoms with Crippen LogP contribution in [0, 0.1) is 11.8 Å². The summed E-state index contributed by atoms with van der Waals surface area (Å²) in [6.07, 6.45) is -6.01. The molecule has 0 heterocycles. The second-order valence-corrected chi connectivity index (χ2v) is 14.2. The van der Waals surface area contributed by atoms with E-state index in [0.29, 0.717) is 0 Å². The normalized spacial score (nSPS) is 24.8. The largest absolute Gasteiger partial charge is 0.506 e. The Hall–Kier alpha value is -6.78. The number of Topliss-reactive ketones (excluding diaryl/α,β-unsaturated/α-hetero) is 2. The van der Waals surface area contributed by atoms with Crippen molar-refractivity contribution in [1.29, 1.82) is 0 Å². The molecule has 18 nitrogen and oxygen atoms in total. The van der Waals surface area contributed by atoms with Crippen LogP contribution < -0.4 is 32.4 Å². The summed E-state index contributed by atoms with van der Waals surface area (Å²) in [5, 5.41) is 87.1. The van der Waals surface area contributed by atoms with Crippen molar-refractivity contribution in [2.24, 2.45) is 11.8 Å². The molecule has 0 unspecified atom stereocenters. The first-order chi connectivity index (χ1) is 26.4. The fourth-order valence-corrected chi connectivity index (χ4v) is 9.33. The molecule has 0 amide bonds. The molecule has 0 saturated carbocycles. The van der Waals surface area contributed by atoms with E-state index in [0.717, 1.165) is 24.3 Å². The number of rotatable bonds is 3. The Labute approximate surface area is 308 Å². The zero-order valence-electron chi connectivity index (χ0n) is 28.8. The lowest BCUT2D eigenvalue weighted by Gasteiger charge is -2.51. The molecule has 2 aliphatic rings. The van der Waals surface area contributed by atoms with E-state index in [-0.39, 0.29) is 0 Å². The summed E-state index contributed by atoms with van der Waals surface area (Å²) in [5.74, 6) is -11.7. The Bertz CT molecular complexity index is 3070. The predicted molar refractivity (Wildman–Crippen MR) is 189 cm³/mol. The van der Waals surface area contributed by atoms with Crippen molar-refractivity contribution in [1.82, 2.24) is 0 Å². The average Bonchev–Trinajstić information content (AvgIpc) is 3.72. The molecule has 6 aromatic rings. The van der Waals surface area contributed by atoms with Gasteiger partial charge in [0, 0.05) is 21.9 Å². The Kier molecular flexibility index (Phi) is 7.36. The molecule has 0 aromatic heterocycles. The molecule has 6 atom stereocenters. The fourth-order valence-electron chi connectivity index (χ4n) is 9.33. The van der Waals surface area contributed by atoms with Crippen LogP contribution in [-0.2, 0) is 0 Å². The molecule has 8 N–H and O–H groups in total. The van der Waals surface area contributed by atoms with Crippen molar-refractivity contribution in [2.75, 3.05) is 0 Å². The summed E-state index contributed by atoms with van der Waals surface area (Å²) in [6, 6.07) is 3.14. The maximum atomic E-state index is 15.1. The molecule has 0 bridgehead atoms. The average molecular weight is 763 g/mol. The first-order valence-electron chi connectivity index (χ1n) is 17.0. The van der Waals surface area contributed by atoms with E-state index in [4.69, 9.17) is 0 Å². The summed E-state index contributed by atoms with van der Waals surface area (Å²) in [7, 11) is 0. The maximum Gasteiger partial charge on any atom is 0.333 e. The van der Waals surface area contributed by atoms with Gasteiger partial charge in [0.05, 0.1) is 44.5 Å². The number of aliphatic hydroxyl groups excluding tert-OH is 2. The molecule has 56 heavy (non-hydrogen) atoms. The van der Waals surface area contributed by atoms with Crippen LogP contribution in [0.4, 0.5) is 0 Å². The third kappa shape index (κ3) is 3.88. The van der Waals surface area contributed by atoms with Crippen molar-refractivity contribution in [3.05, 3.63) is 109 Å². The van der Waals surface area contributed by atoms with Crippen LogP contribution in [0.15, 0.2) is 43.4 Å². The number of benzene rings is 4. The standard InChI is InChI=1S/C38H26N4O14/c1-3-37(55)25(33(51)19-17-21(27(41-39)23(19)35(37)53)31(49)15-11(45)7-5-9(43)13(15)29(17)47)26-34(52)20-18-22(28(42-40)24(20)36(54)38(26,56)4-2)32(50)16-12(46)8-6-10(44)14(16)30(18)48/h5-8,25-26,35-36,47-50,53-56H,3-4H2,1-2H3/t25-,26-,35+,36+,37-,38-/m0/s1. The molecule has 282 valence electrons. The zero-order chi connectivity index (χ0) is 40.8. The highest BCUT2D eigenvalue weighted by molar-refractivity contribution is 6.25. The third-order valence-corrected chi connectivity index (χ3v) is 12.0. The van der Waals surface area contributed by atoms with Crippen LogP contribution in [0.3, 0.4) is 0 Å². The lowest BCUT2D eigenvalue weighted by Crippen LogP contribution is -2.63. The van der Waals surface area contributed by atoms with Gasteiger partial charge in [-0.15, -0.1) is 0 Å². The number of aromatic hydroxyl groups is 4. The van der Waals surface area contributed by atoms with Crippen molar-refractivity contribution in [3.63, 3.8) is 0 Å². The third-order valence-electron chi connectivity index (χ3n) is 12.0. The van der Waals surface area contributed by atoms with Crippen LogP contribution in [-0.4, -0.2) is 73.2 Å². The monoisotopic (exact) mass is 762 g/mol. The number of fused-ring (bicyclic) bond motifs is 8. The van der Waals surface area contributed by atoms with Gasteiger partial charge in [-0.3, -0.25) is 28.8 Å². The quantitative estimate of drug-likeness (QED) is 0.0625. The van der Waals surface area contributed by atoms with E-state index in [1.54, 1.807) is 0 Å². The van der Waals surface area contributed by atoms with Gasteiger partial charge in [-0.1, -0.05) is 13.8 Å². The van der Waals surface area contributed by atoms with E-state index in [1.807, 2.05) is 0 Å². The highest BCUT2D eigenvalue weighted by atomic mass is 16.4. The minimum Gasteiger partial charge on any atom is -0.506 e. The Morgan fingerprint density at radius 3 is 1.04 bits per heavy atom. The molecule has 0 spiro atoms. The van der Waals surface area contributed by atoms with Crippen molar-refractivity contribution in [2.45, 2.75) is 50.1 Å². The highest BCUT2D eigenvalue weighted by Gasteiger charge is 2.66. The van der Waals surface area contributed by atoms with Crippen LogP contribution in [0.1, 0.15) is 70.7 Å². The van der Waals surface area contributed by atoms with Crippen LogP contribution in [0.25, 0.3) is 54.2 Å².